The van der Waals surface area contributed by atoms with Crippen molar-refractivity contribution in [1.82, 2.24) is 9.88 Å². The van der Waals surface area contributed by atoms with Gasteiger partial charge < -0.3 is 9.88 Å². The van der Waals surface area contributed by atoms with Gasteiger partial charge in [-0.2, -0.15) is 0 Å². The summed E-state index contributed by atoms with van der Waals surface area (Å²) in [5.41, 5.74) is -0.201. The summed E-state index contributed by atoms with van der Waals surface area (Å²) in [6, 6.07) is 9.17. The molecule has 1 saturated heterocycles. The van der Waals surface area contributed by atoms with Crippen molar-refractivity contribution in [3.05, 3.63) is 70.3 Å². The second kappa shape index (κ2) is 8.27. The molecule has 1 unspecified atom stereocenters. The van der Waals surface area contributed by atoms with Crippen LogP contribution in [0.4, 0.5) is 10.1 Å². The molecule has 12 heteroatoms. The highest BCUT2D eigenvalue weighted by atomic mass is 32.2. The van der Waals surface area contributed by atoms with Crippen LogP contribution >= 0.6 is 0 Å². The maximum absolute atomic E-state index is 13.2. The highest BCUT2D eigenvalue weighted by Gasteiger charge is 2.33. The maximum Gasteiger partial charge on any atom is 0.261 e. The van der Waals surface area contributed by atoms with Crippen LogP contribution in [0.5, 0.6) is 0 Å². The number of sulfone groups is 1. The van der Waals surface area contributed by atoms with Crippen LogP contribution in [0.2, 0.25) is 0 Å². The minimum absolute atomic E-state index is 0.0249. The van der Waals surface area contributed by atoms with E-state index in [-0.39, 0.29) is 45.0 Å². The summed E-state index contributed by atoms with van der Waals surface area (Å²) in [4.78, 5) is 29.0. The number of pyridine rings is 1. The lowest BCUT2D eigenvalue weighted by molar-refractivity contribution is 0.0749. The molecule has 33 heavy (non-hydrogen) atoms. The minimum Gasteiger partial charge on any atom is -0.338 e. The van der Waals surface area contributed by atoms with Crippen LogP contribution < -0.4 is 10.3 Å². The topological polar surface area (TPSA) is 133 Å². The molecule has 1 atom stereocenters. The average Bonchev–Trinajstić information content (AvgIpc) is 3.12. The number of aromatic nitrogens is 1. The smallest absolute Gasteiger partial charge is 0.261 e. The van der Waals surface area contributed by atoms with Gasteiger partial charge in [0, 0.05) is 35.7 Å². The van der Waals surface area contributed by atoms with E-state index in [4.69, 9.17) is 0 Å². The molecule has 2 heterocycles. The summed E-state index contributed by atoms with van der Waals surface area (Å²) in [6.45, 7) is 0. The molecule has 4 rings (SSSR count). The van der Waals surface area contributed by atoms with Crippen molar-refractivity contribution >= 4 is 42.4 Å². The minimum atomic E-state index is -4.09. The number of nitrogens with one attached hydrogen (secondary N) is 2. The highest BCUT2D eigenvalue weighted by molar-refractivity contribution is 7.92. The number of amides is 1. The summed E-state index contributed by atoms with van der Waals surface area (Å²) in [5.74, 6) is -1.30. The molecule has 2 N–H and O–H groups in total. The molecule has 1 fully saturated rings. The third kappa shape index (κ3) is 4.76. The second-order valence-electron chi connectivity index (χ2n) is 7.84. The zero-order valence-corrected chi connectivity index (χ0v) is 19.0. The van der Waals surface area contributed by atoms with Crippen LogP contribution in [0.25, 0.3) is 10.9 Å². The number of H-pyrrole nitrogens is 1. The number of fused-ring (bicyclic) bond motifs is 1. The molecular formula is C21H20FN3O6S2. The fraction of sp³-hybridized carbons (Fsp3) is 0.238. The second-order valence-corrected chi connectivity index (χ2v) is 11.8. The van der Waals surface area contributed by atoms with Crippen LogP contribution in [-0.2, 0) is 19.9 Å². The van der Waals surface area contributed by atoms with E-state index in [9.17, 15) is 30.8 Å². The van der Waals surface area contributed by atoms with Gasteiger partial charge in [-0.3, -0.25) is 14.3 Å². The number of aromatic amines is 1. The number of carbonyl (C=O) groups is 1. The van der Waals surface area contributed by atoms with Gasteiger partial charge in [-0.1, -0.05) is 0 Å². The molecule has 0 aliphatic carbocycles. The van der Waals surface area contributed by atoms with Gasteiger partial charge in [-0.25, -0.2) is 21.2 Å². The Bertz CT molecular complexity index is 1520. The van der Waals surface area contributed by atoms with Crippen LogP contribution in [0.1, 0.15) is 16.8 Å². The van der Waals surface area contributed by atoms with Crippen LogP contribution in [0.3, 0.4) is 0 Å². The third-order valence-corrected chi connectivity index (χ3v) is 8.66. The maximum atomic E-state index is 13.2. The number of sulfonamides is 1. The van der Waals surface area contributed by atoms with Crippen molar-refractivity contribution in [2.45, 2.75) is 17.4 Å². The van der Waals surface area contributed by atoms with Gasteiger partial charge in [-0.05, 0) is 48.9 Å². The van der Waals surface area contributed by atoms with E-state index in [0.717, 1.165) is 18.2 Å². The standard InChI is InChI=1S/C21H20FN3O6S2/c1-25(15-8-9-32(28,29)12-15)21(27)18-11-20(26)23-19-7-6-16(10-17(18)19)33(30,31)24-14-4-2-13(22)3-5-14/h2-7,10-11,15,24H,8-9,12H2,1H3,(H,23,26). The SMILES string of the molecule is CN(C(=O)c1cc(=O)[nH]c2ccc(S(=O)(=O)Nc3ccc(F)cc3)cc12)C1CCS(=O)(=O)C1. The number of benzene rings is 2. The van der Waals surface area contributed by atoms with E-state index >= 15 is 0 Å². The predicted octanol–water partition coefficient (Wildman–Crippen LogP) is 1.73. The molecular weight excluding hydrogens is 473 g/mol. The summed E-state index contributed by atoms with van der Waals surface area (Å²) >= 11 is 0. The highest BCUT2D eigenvalue weighted by Crippen LogP contribution is 2.25. The Morgan fingerprint density at radius 3 is 2.48 bits per heavy atom. The van der Waals surface area contributed by atoms with E-state index in [1.54, 1.807) is 0 Å². The van der Waals surface area contributed by atoms with Crippen molar-refractivity contribution in [2.24, 2.45) is 0 Å². The first-order valence-electron chi connectivity index (χ1n) is 9.88. The van der Waals surface area contributed by atoms with E-state index in [0.29, 0.717) is 0 Å². The number of anilines is 1. The van der Waals surface area contributed by atoms with E-state index < -0.39 is 43.2 Å². The average molecular weight is 494 g/mol. The van der Waals surface area contributed by atoms with Gasteiger partial charge in [0.15, 0.2) is 9.84 Å². The fourth-order valence-corrected chi connectivity index (χ4v) is 6.60. The molecule has 3 aromatic rings. The van der Waals surface area contributed by atoms with Gasteiger partial charge in [0.25, 0.3) is 15.9 Å². The van der Waals surface area contributed by atoms with Crippen LogP contribution in [0, 0.1) is 5.82 Å². The fourth-order valence-electron chi connectivity index (χ4n) is 3.75. The summed E-state index contributed by atoms with van der Waals surface area (Å²) in [5, 5.41) is 0.189. The number of hydrogen-bond donors (Lipinski definition) is 2. The Labute approximate surface area is 189 Å². The molecule has 9 nitrogen and oxygen atoms in total. The first-order chi connectivity index (χ1) is 15.4. The summed E-state index contributed by atoms with van der Waals surface area (Å²) in [6.07, 6.45) is 0.285. The zero-order chi connectivity index (χ0) is 24.0. The van der Waals surface area contributed by atoms with Crippen LogP contribution in [0.15, 0.2) is 58.2 Å². The Kier molecular flexibility index (Phi) is 5.74. The number of hydrogen-bond acceptors (Lipinski definition) is 6. The Balaban J connectivity index is 1.73. The Hall–Kier alpha value is -3.25. The largest absolute Gasteiger partial charge is 0.338 e. The lowest BCUT2D eigenvalue weighted by Gasteiger charge is -2.24. The predicted molar refractivity (Wildman–Crippen MR) is 121 cm³/mol. The molecule has 1 aromatic heterocycles. The molecule has 1 aliphatic heterocycles. The molecule has 0 radical (unpaired) electrons. The van der Waals surface area contributed by atoms with Crippen LogP contribution in [-0.4, -0.2) is 57.2 Å². The molecule has 0 bridgehead atoms. The molecule has 2 aromatic carbocycles. The molecule has 1 amide bonds. The van der Waals surface area contributed by atoms with Crippen molar-refractivity contribution in [3.63, 3.8) is 0 Å². The van der Waals surface area contributed by atoms with Gasteiger partial charge in [0.1, 0.15) is 5.82 Å². The molecule has 1 aliphatic rings. The first kappa shape index (κ1) is 22.9. The third-order valence-electron chi connectivity index (χ3n) is 5.53. The summed E-state index contributed by atoms with van der Waals surface area (Å²) in [7, 11) is -5.87. The lowest BCUT2D eigenvalue weighted by Crippen LogP contribution is -2.38. The Morgan fingerprint density at radius 2 is 1.85 bits per heavy atom. The molecule has 0 spiro atoms. The first-order valence-corrected chi connectivity index (χ1v) is 13.2. The van der Waals surface area contributed by atoms with Gasteiger partial charge in [0.2, 0.25) is 5.56 Å². The lowest BCUT2D eigenvalue weighted by atomic mass is 10.1. The van der Waals surface area contributed by atoms with E-state index in [1.807, 2.05) is 0 Å². The van der Waals surface area contributed by atoms with E-state index in [1.165, 1.54) is 42.3 Å². The van der Waals surface area contributed by atoms with Crippen molar-refractivity contribution in [1.29, 1.82) is 0 Å². The number of rotatable bonds is 5. The van der Waals surface area contributed by atoms with Gasteiger partial charge in [0.05, 0.1) is 22.0 Å². The Morgan fingerprint density at radius 1 is 1.15 bits per heavy atom. The quantitative estimate of drug-likeness (QED) is 0.556. The van der Waals surface area contributed by atoms with E-state index in [2.05, 4.69) is 9.71 Å². The monoisotopic (exact) mass is 493 g/mol. The summed E-state index contributed by atoms with van der Waals surface area (Å²) < 4.78 is 64.8. The molecule has 0 saturated carbocycles. The van der Waals surface area contributed by atoms with Crippen molar-refractivity contribution < 1.29 is 26.0 Å². The molecule has 174 valence electrons. The number of halogens is 1. The number of nitrogens with zero attached hydrogens (tertiary/aromatic N) is 1. The normalized spacial score (nSPS) is 17.7. The van der Waals surface area contributed by atoms with Crippen molar-refractivity contribution in [3.8, 4) is 0 Å². The van der Waals surface area contributed by atoms with Crippen molar-refractivity contribution in [2.75, 3.05) is 23.3 Å². The van der Waals surface area contributed by atoms with Gasteiger partial charge in [-0.15, -0.1) is 0 Å². The zero-order valence-electron chi connectivity index (χ0n) is 17.4. The number of carbonyl (C=O) groups excluding carboxylic acids is 1. The van der Waals surface area contributed by atoms with Gasteiger partial charge >= 0.3 is 0 Å².